The van der Waals surface area contributed by atoms with Gasteiger partial charge in [0, 0.05) is 24.9 Å². The molecule has 17 heavy (non-hydrogen) atoms. The molecule has 0 aliphatic carbocycles. The number of hydrogen-bond donors (Lipinski definition) is 1. The first-order valence-corrected chi connectivity index (χ1v) is 5.67. The molecule has 0 saturated carbocycles. The quantitative estimate of drug-likeness (QED) is 0.654. The normalized spacial score (nSPS) is 20.1. The van der Waals surface area contributed by atoms with E-state index in [1.54, 1.807) is 0 Å². The van der Waals surface area contributed by atoms with Crippen molar-refractivity contribution in [2.24, 2.45) is 5.92 Å². The Kier molecular flexibility index (Phi) is 3.19. The Labute approximate surface area is 102 Å². The minimum Gasteiger partial charge on any atom is -0.395 e. The Bertz CT molecular complexity index is 467. The SMILES string of the molecule is Nc1c(F)cc(F)cc1N1CC(CCl)CC1=O. The first-order valence-electron chi connectivity index (χ1n) is 5.13. The van der Waals surface area contributed by atoms with Crippen LogP contribution >= 0.6 is 11.6 Å². The van der Waals surface area contributed by atoms with Crippen molar-refractivity contribution in [1.82, 2.24) is 0 Å². The van der Waals surface area contributed by atoms with Crippen molar-refractivity contribution in [3.05, 3.63) is 23.8 Å². The number of carbonyl (C=O) groups excluding carboxylic acids is 1. The standard InChI is InChI=1S/C11H11ClF2N2O/c12-4-6-1-10(17)16(5-6)9-3-7(13)2-8(14)11(9)15/h2-3,6H,1,4-5,15H2. The van der Waals surface area contributed by atoms with Crippen LogP contribution in [0.4, 0.5) is 20.2 Å². The summed E-state index contributed by atoms with van der Waals surface area (Å²) in [5.74, 6) is -1.50. The molecule has 1 saturated heterocycles. The summed E-state index contributed by atoms with van der Waals surface area (Å²) in [5.41, 5.74) is 5.38. The lowest BCUT2D eigenvalue weighted by atomic mass is 10.1. The predicted molar refractivity (Wildman–Crippen MR) is 62.0 cm³/mol. The van der Waals surface area contributed by atoms with Gasteiger partial charge >= 0.3 is 0 Å². The Morgan fingerprint density at radius 1 is 1.47 bits per heavy atom. The molecule has 1 aromatic carbocycles. The smallest absolute Gasteiger partial charge is 0.227 e. The third-order valence-electron chi connectivity index (χ3n) is 2.79. The zero-order valence-corrected chi connectivity index (χ0v) is 9.68. The van der Waals surface area contributed by atoms with Crippen LogP contribution in [0.25, 0.3) is 0 Å². The maximum Gasteiger partial charge on any atom is 0.227 e. The van der Waals surface area contributed by atoms with E-state index in [1.165, 1.54) is 4.90 Å². The summed E-state index contributed by atoms with van der Waals surface area (Å²) in [7, 11) is 0. The molecule has 0 bridgehead atoms. The molecule has 1 aliphatic heterocycles. The van der Waals surface area contributed by atoms with E-state index in [0.29, 0.717) is 18.5 Å². The van der Waals surface area contributed by atoms with Gasteiger partial charge in [-0.05, 0) is 12.0 Å². The van der Waals surface area contributed by atoms with Gasteiger partial charge in [-0.1, -0.05) is 0 Å². The van der Waals surface area contributed by atoms with Crippen molar-refractivity contribution < 1.29 is 13.6 Å². The molecule has 2 N–H and O–H groups in total. The first kappa shape index (κ1) is 12.1. The van der Waals surface area contributed by atoms with Crippen LogP contribution in [0.2, 0.25) is 0 Å². The lowest BCUT2D eigenvalue weighted by Gasteiger charge is -2.18. The number of rotatable bonds is 2. The van der Waals surface area contributed by atoms with Gasteiger partial charge in [0.15, 0.2) is 5.82 Å². The Balaban J connectivity index is 2.38. The summed E-state index contributed by atoms with van der Waals surface area (Å²) in [6.07, 6.45) is 0.279. The van der Waals surface area contributed by atoms with Crippen LogP contribution in [0, 0.1) is 17.6 Å². The summed E-state index contributed by atoms with van der Waals surface area (Å²) in [4.78, 5) is 13.0. The molecule has 0 radical (unpaired) electrons. The predicted octanol–water partition coefficient (Wildman–Crippen LogP) is 2.14. The Morgan fingerprint density at radius 2 is 2.18 bits per heavy atom. The van der Waals surface area contributed by atoms with Gasteiger partial charge in [-0.2, -0.15) is 0 Å². The van der Waals surface area contributed by atoms with Crippen molar-refractivity contribution in [3.8, 4) is 0 Å². The lowest BCUT2D eigenvalue weighted by molar-refractivity contribution is -0.117. The maximum atomic E-state index is 13.3. The minimum atomic E-state index is -0.859. The van der Waals surface area contributed by atoms with Crippen LogP contribution in [-0.2, 0) is 4.79 Å². The van der Waals surface area contributed by atoms with E-state index in [9.17, 15) is 13.6 Å². The Hall–Kier alpha value is -1.36. The second-order valence-electron chi connectivity index (χ2n) is 4.05. The topological polar surface area (TPSA) is 46.3 Å². The van der Waals surface area contributed by atoms with Crippen LogP contribution in [-0.4, -0.2) is 18.3 Å². The summed E-state index contributed by atoms with van der Waals surface area (Å²) in [5, 5.41) is 0. The second kappa shape index (κ2) is 4.49. The fourth-order valence-electron chi connectivity index (χ4n) is 1.91. The van der Waals surface area contributed by atoms with Crippen molar-refractivity contribution in [1.29, 1.82) is 0 Å². The van der Waals surface area contributed by atoms with Crippen molar-refractivity contribution in [3.63, 3.8) is 0 Å². The van der Waals surface area contributed by atoms with E-state index in [0.717, 1.165) is 6.07 Å². The van der Waals surface area contributed by atoms with Gasteiger partial charge in [0.2, 0.25) is 5.91 Å². The van der Waals surface area contributed by atoms with E-state index >= 15 is 0 Å². The highest BCUT2D eigenvalue weighted by atomic mass is 35.5. The fourth-order valence-corrected chi connectivity index (χ4v) is 2.12. The average molecular weight is 261 g/mol. The highest BCUT2D eigenvalue weighted by Gasteiger charge is 2.31. The van der Waals surface area contributed by atoms with Crippen molar-refractivity contribution in [2.75, 3.05) is 23.1 Å². The number of hydrogen-bond acceptors (Lipinski definition) is 2. The van der Waals surface area contributed by atoms with Gasteiger partial charge < -0.3 is 10.6 Å². The number of benzene rings is 1. The zero-order chi connectivity index (χ0) is 12.6. The summed E-state index contributed by atoms with van der Waals surface area (Å²) in [6, 6.07) is 1.76. The molecule has 1 fully saturated rings. The third kappa shape index (κ3) is 2.20. The molecule has 92 valence electrons. The first-order chi connectivity index (χ1) is 8.02. The Morgan fingerprint density at radius 3 is 2.76 bits per heavy atom. The number of nitrogen functional groups attached to an aromatic ring is 1. The van der Waals surface area contributed by atoms with E-state index in [4.69, 9.17) is 17.3 Å². The molecule has 2 rings (SSSR count). The van der Waals surface area contributed by atoms with E-state index in [-0.39, 0.29) is 29.6 Å². The maximum absolute atomic E-state index is 13.3. The largest absolute Gasteiger partial charge is 0.395 e. The number of amides is 1. The fraction of sp³-hybridized carbons (Fsp3) is 0.364. The monoisotopic (exact) mass is 260 g/mol. The average Bonchev–Trinajstić information content (AvgIpc) is 2.65. The van der Waals surface area contributed by atoms with Gasteiger partial charge in [0.05, 0.1) is 11.4 Å². The number of nitrogens with zero attached hydrogens (tertiary/aromatic N) is 1. The van der Waals surface area contributed by atoms with Gasteiger partial charge in [-0.3, -0.25) is 4.79 Å². The van der Waals surface area contributed by atoms with Gasteiger partial charge in [-0.25, -0.2) is 8.78 Å². The number of nitrogens with two attached hydrogens (primary N) is 1. The number of carbonyl (C=O) groups is 1. The van der Waals surface area contributed by atoms with Crippen LogP contribution in [0.5, 0.6) is 0 Å². The molecule has 0 aromatic heterocycles. The summed E-state index contributed by atoms with van der Waals surface area (Å²) >= 11 is 5.67. The van der Waals surface area contributed by atoms with Crippen LogP contribution in [0.15, 0.2) is 12.1 Å². The molecule has 1 aromatic rings. The summed E-state index contributed by atoms with van der Waals surface area (Å²) < 4.78 is 26.4. The molecule has 6 heteroatoms. The molecule has 1 heterocycles. The van der Waals surface area contributed by atoms with E-state index in [2.05, 4.69) is 0 Å². The number of anilines is 2. The lowest BCUT2D eigenvalue weighted by Crippen LogP contribution is -2.26. The van der Waals surface area contributed by atoms with Gasteiger partial charge in [-0.15, -0.1) is 11.6 Å². The minimum absolute atomic E-state index is 0.00473. The molecule has 0 spiro atoms. The van der Waals surface area contributed by atoms with E-state index in [1.807, 2.05) is 0 Å². The van der Waals surface area contributed by atoms with Gasteiger partial charge in [0.25, 0.3) is 0 Å². The summed E-state index contributed by atoms with van der Waals surface area (Å²) in [6.45, 7) is 0.343. The van der Waals surface area contributed by atoms with Gasteiger partial charge in [0.1, 0.15) is 5.82 Å². The number of halogens is 3. The molecule has 1 amide bonds. The van der Waals surface area contributed by atoms with E-state index < -0.39 is 11.6 Å². The number of alkyl halides is 1. The third-order valence-corrected chi connectivity index (χ3v) is 3.22. The van der Waals surface area contributed by atoms with Crippen LogP contribution < -0.4 is 10.6 Å². The zero-order valence-electron chi connectivity index (χ0n) is 8.92. The molecule has 1 aliphatic rings. The molecule has 1 atom stereocenters. The highest BCUT2D eigenvalue weighted by Crippen LogP contribution is 2.32. The molecular weight excluding hydrogens is 250 g/mol. The highest BCUT2D eigenvalue weighted by molar-refractivity contribution is 6.18. The van der Waals surface area contributed by atoms with Crippen molar-refractivity contribution >= 4 is 28.9 Å². The molecular formula is C11H11ClF2N2O. The van der Waals surface area contributed by atoms with Crippen LogP contribution in [0.3, 0.4) is 0 Å². The van der Waals surface area contributed by atoms with Crippen LogP contribution in [0.1, 0.15) is 6.42 Å². The molecule has 3 nitrogen and oxygen atoms in total. The molecule has 1 unspecified atom stereocenters. The van der Waals surface area contributed by atoms with Crippen molar-refractivity contribution in [2.45, 2.75) is 6.42 Å². The second-order valence-corrected chi connectivity index (χ2v) is 4.36.